The first-order valence-electron chi connectivity index (χ1n) is 8.42. The second-order valence-electron chi connectivity index (χ2n) is 6.18. The van der Waals surface area contributed by atoms with Crippen LogP contribution in [-0.2, 0) is 20.6 Å². The number of sulfonamides is 1. The van der Waals surface area contributed by atoms with Crippen LogP contribution in [0.1, 0.15) is 12.5 Å². The van der Waals surface area contributed by atoms with Crippen molar-refractivity contribution in [2.45, 2.75) is 18.7 Å². The summed E-state index contributed by atoms with van der Waals surface area (Å²) in [4.78, 5) is 18.4. The molecule has 0 radical (unpaired) electrons. The van der Waals surface area contributed by atoms with Gasteiger partial charge in [-0.3, -0.25) is 9.69 Å². The number of hydrogen-bond acceptors (Lipinski definition) is 6. The van der Waals surface area contributed by atoms with E-state index in [4.69, 9.17) is 0 Å². The molecule has 1 N–H and O–H groups in total. The molecule has 3 rings (SSSR count). The topological polar surface area (TPSA) is 82.6 Å². The molecule has 140 valence electrons. The second kappa shape index (κ2) is 8.26. The first-order chi connectivity index (χ1) is 12.5. The molecule has 2 heterocycles. The van der Waals surface area contributed by atoms with Crippen molar-refractivity contribution >= 4 is 32.4 Å². The Morgan fingerprint density at radius 3 is 2.54 bits per heavy atom. The summed E-state index contributed by atoms with van der Waals surface area (Å²) < 4.78 is 26.7. The van der Waals surface area contributed by atoms with Crippen molar-refractivity contribution in [3.63, 3.8) is 0 Å². The summed E-state index contributed by atoms with van der Waals surface area (Å²) in [6.45, 7) is 3.67. The number of rotatable bonds is 6. The molecule has 26 heavy (non-hydrogen) atoms. The number of aromatic nitrogens is 1. The summed E-state index contributed by atoms with van der Waals surface area (Å²) in [6, 6.07) is 8.85. The maximum atomic E-state index is 12.6. The number of carbonyl (C=O) groups is 1. The second-order valence-corrected chi connectivity index (χ2v) is 9.04. The minimum Gasteiger partial charge on any atom is -0.301 e. The van der Waals surface area contributed by atoms with Crippen LogP contribution in [0.3, 0.4) is 0 Å². The Labute approximate surface area is 157 Å². The first kappa shape index (κ1) is 19.0. The average Bonchev–Trinajstić information content (AvgIpc) is 3.14. The first-order valence-corrected chi connectivity index (χ1v) is 10.9. The quantitative estimate of drug-likeness (QED) is 0.805. The van der Waals surface area contributed by atoms with Gasteiger partial charge in [0.2, 0.25) is 15.9 Å². The van der Waals surface area contributed by atoms with Crippen molar-refractivity contribution < 1.29 is 13.2 Å². The van der Waals surface area contributed by atoms with E-state index in [2.05, 4.69) is 10.3 Å². The third-order valence-electron chi connectivity index (χ3n) is 4.45. The molecular formula is C17H22N4O3S2. The van der Waals surface area contributed by atoms with E-state index in [1.54, 1.807) is 11.6 Å². The van der Waals surface area contributed by atoms with Gasteiger partial charge >= 0.3 is 0 Å². The van der Waals surface area contributed by atoms with Crippen molar-refractivity contribution in [2.24, 2.45) is 0 Å². The predicted octanol–water partition coefficient (Wildman–Crippen LogP) is 1.62. The summed E-state index contributed by atoms with van der Waals surface area (Å²) in [7, 11) is -3.35. The van der Waals surface area contributed by atoms with E-state index in [-0.39, 0.29) is 17.7 Å². The zero-order chi connectivity index (χ0) is 18.6. The molecule has 0 spiro atoms. The predicted molar refractivity (Wildman–Crippen MR) is 102 cm³/mol. The fraction of sp³-hybridized carbons (Fsp3) is 0.412. The van der Waals surface area contributed by atoms with Crippen LogP contribution < -0.4 is 5.32 Å². The van der Waals surface area contributed by atoms with Gasteiger partial charge in [0.05, 0.1) is 11.8 Å². The van der Waals surface area contributed by atoms with Gasteiger partial charge in [-0.15, -0.1) is 11.3 Å². The van der Waals surface area contributed by atoms with E-state index in [9.17, 15) is 13.2 Å². The van der Waals surface area contributed by atoms with Crippen LogP contribution in [0, 0.1) is 0 Å². The van der Waals surface area contributed by atoms with Crippen LogP contribution in [-0.4, -0.2) is 60.7 Å². The number of nitrogens with one attached hydrogen (secondary N) is 1. The minimum atomic E-state index is -3.35. The van der Waals surface area contributed by atoms with Crippen LogP contribution in [0.15, 0.2) is 41.9 Å². The number of hydrogen-bond donors (Lipinski definition) is 1. The Hall–Kier alpha value is -1.81. The highest BCUT2D eigenvalue weighted by Gasteiger charge is 2.31. The third-order valence-corrected chi connectivity index (χ3v) is 6.99. The van der Waals surface area contributed by atoms with Gasteiger partial charge in [-0.1, -0.05) is 30.3 Å². The molecule has 1 saturated heterocycles. The molecule has 1 aliphatic heterocycles. The molecule has 1 fully saturated rings. The Kier molecular flexibility index (Phi) is 6.02. The van der Waals surface area contributed by atoms with Crippen molar-refractivity contribution in [3.05, 3.63) is 47.5 Å². The largest absolute Gasteiger partial charge is 0.301 e. The number of amides is 1. The van der Waals surface area contributed by atoms with Gasteiger partial charge in [-0.25, -0.2) is 13.4 Å². The van der Waals surface area contributed by atoms with E-state index < -0.39 is 10.0 Å². The Morgan fingerprint density at radius 1 is 1.23 bits per heavy atom. The van der Waals surface area contributed by atoms with E-state index in [0.717, 1.165) is 5.56 Å². The number of nitrogens with zero attached hydrogens (tertiary/aromatic N) is 3. The van der Waals surface area contributed by atoms with Crippen LogP contribution in [0.5, 0.6) is 0 Å². The van der Waals surface area contributed by atoms with Crippen LogP contribution in [0.25, 0.3) is 0 Å². The van der Waals surface area contributed by atoms with Gasteiger partial charge in [0.15, 0.2) is 5.13 Å². The molecule has 1 amide bonds. The van der Waals surface area contributed by atoms with Crippen molar-refractivity contribution in [1.82, 2.24) is 14.2 Å². The van der Waals surface area contributed by atoms with Crippen LogP contribution in [0.4, 0.5) is 5.13 Å². The lowest BCUT2D eigenvalue weighted by atomic mass is 10.2. The molecule has 1 aromatic heterocycles. The Balaban J connectivity index is 1.54. The molecule has 7 nitrogen and oxygen atoms in total. The molecular weight excluding hydrogens is 372 g/mol. The van der Waals surface area contributed by atoms with Crippen molar-refractivity contribution in [1.29, 1.82) is 0 Å². The van der Waals surface area contributed by atoms with Crippen molar-refractivity contribution in [2.75, 3.05) is 31.5 Å². The summed E-state index contributed by atoms with van der Waals surface area (Å²) in [6.07, 6.45) is 1.64. The van der Waals surface area contributed by atoms with Gasteiger partial charge in [0.1, 0.15) is 0 Å². The minimum absolute atomic E-state index is 0.00786. The van der Waals surface area contributed by atoms with Crippen LogP contribution >= 0.6 is 11.3 Å². The molecule has 0 saturated carbocycles. The maximum Gasteiger partial charge on any atom is 0.243 e. The lowest BCUT2D eigenvalue weighted by Crippen LogP contribution is -2.54. The third kappa shape index (κ3) is 4.67. The fourth-order valence-corrected chi connectivity index (χ4v) is 4.95. The lowest BCUT2D eigenvalue weighted by Gasteiger charge is -2.36. The van der Waals surface area contributed by atoms with Crippen molar-refractivity contribution in [3.8, 4) is 0 Å². The average molecular weight is 395 g/mol. The summed E-state index contributed by atoms with van der Waals surface area (Å²) in [5, 5.41) is 5.17. The number of carbonyl (C=O) groups excluding carboxylic acids is 1. The SMILES string of the molecule is CC(C(=O)Nc1nccs1)N1CCN(S(=O)(=O)Cc2ccccc2)CC1. The molecule has 1 aromatic carbocycles. The Morgan fingerprint density at radius 2 is 1.92 bits per heavy atom. The zero-order valence-electron chi connectivity index (χ0n) is 14.5. The standard InChI is InChI=1S/C17H22N4O3S2/c1-14(16(22)19-17-18-7-12-25-17)20-8-10-21(11-9-20)26(23,24)13-15-5-3-2-4-6-15/h2-7,12,14H,8-11,13H2,1H3,(H,18,19,22). The number of piperazine rings is 1. The van der Waals surface area contributed by atoms with Gasteiger partial charge in [-0.2, -0.15) is 4.31 Å². The number of benzene rings is 1. The normalized spacial score (nSPS) is 17.7. The molecule has 2 aromatic rings. The highest BCUT2D eigenvalue weighted by Crippen LogP contribution is 2.16. The fourth-order valence-electron chi connectivity index (χ4n) is 2.91. The molecule has 1 aliphatic rings. The van der Waals surface area contributed by atoms with Gasteiger partial charge in [-0.05, 0) is 12.5 Å². The Bertz CT molecular complexity index is 817. The molecule has 1 unspecified atom stereocenters. The summed E-state index contributed by atoms with van der Waals surface area (Å²) in [5.41, 5.74) is 0.783. The summed E-state index contributed by atoms with van der Waals surface area (Å²) in [5.74, 6) is -0.117. The van der Waals surface area contributed by atoms with E-state index >= 15 is 0 Å². The number of thiazole rings is 1. The lowest BCUT2D eigenvalue weighted by molar-refractivity contribution is -0.121. The molecule has 0 aliphatic carbocycles. The van der Waals surface area contributed by atoms with E-state index in [1.807, 2.05) is 42.2 Å². The zero-order valence-corrected chi connectivity index (χ0v) is 16.2. The highest BCUT2D eigenvalue weighted by atomic mass is 32.2. The van der Waals surface area contributed by atoms with Gasteiger partial charge < -0.3 is 5.32 Å². The summed E-state index contributed by atoms with van der Waals surface area (Å²) >= 11 is 1.37. The molecule has 1 atom stereocenters. The monoisotopic (exact) mass is 394 g/mol. The van der Waals surface area contributed by atoms with Gasteiger partial charge in [0.25, 0.3) is 0 Å². The van der Waals surface area contributed by atoms with E-state index in [1.165, 1.54) is 15.6 Å². The smallest absolute Gasteiger partial charge is 0.243 e. The van der Waals surface area contributed by atoms with Gasteiger partial charge in [0, 0.05) is 37.8 Å². The number of anilines is 1. The van der Waals surface area contributed by atoms with E-state index in [0.29, 0.717) is 31.3 Å². The molecule has 9 heteroatoms. The van der Waals surface area contributed by atoms with Crippen LogP contribution in [0.2, 0.25) is 0 Å². The highest BCUT2D eigenvalue weighted by molar-refractivity contribution is 7.88. The maximum absolute atomic E-state index is 12.6. The molecule has 0 bridgehead atoms.